The molecule has 4 nitrogen and oxygen atoms in total. The molecule has 0 spiro atoms. The molecule has 0 unspecified atom stereocenters. The van der Waals surface area contributed by atoms with Gasteiger partial charge in [0, 0.05) is 18.5 Å². The SMILES string of the molecule is COc1ccc(CCNCC2(CN)COC2)cc1C. The first-order chi connectivity index (χ1) is 9.19. The van der Waals surface area contributed by atoms with Crippen LogP contribution in [0, 0.1) is 12.3 Å². The van der Waals surface area contributed by atoms with Gasteiger partial charge in [-0.3, -0.25) is 0 Å². The lowest BCUT2D eigenvalue weighted by Gasteiger charge is -2.40. The van der Waals surface area contributed by atoms with Crippen LogP contribution in [0.15, 0.2) is 18.2 Å². The zero-order chi connectivity index (χ0) is 13.7. The normalized spacial score (nSPS) is 17.0. The number of hydrogen-bond acceptors (Lipinski definition) is 4. The fraction of sp³-hybridized carbons (Fsp3) is 0.600. The van der Waals surface area contributed by atoms with Crippen molar-refractivity contribution >= 4 is 0 Å². The van der Waals surface area contributed by atoms with Gasteiger partial charge in [-0.05, 0) is 37.1 Å². The van der Waals surface area contributed by atoms with Crippen LogP contribution in [0.2, 0.25) is 0 Å². The molecule has 1 aliphatic rings. The highest BCUT2D eigenvalue weighted by Gasteiger charge is 2.36. The van der Waals surface area contributed by atoms with Gasteiger partial charge in [-0.25, -0.2) is 0 Å². The molecular weight excluding hydrogens is 240 g/mol. The third-order valence-electron chi connectivity index (χ3n) is 3.80. The molecule has 0 saturated carbocycles. The Bertz CT molecular complexity index is 411. The first kappa shape index (κ1) is 14.3. The summed E-state index contributed by atoms with van der Waals surface area (Å²) in [4.78, 5) is 0. The van der Waals surface area contributed by atoms with E-state index in [2.05, 4.69) is 24.4 Å². The van der Waals surface area contributed by atoms with Crippen molar-refractivity contribution in [3.05, 3.63) is 29.3 Å². The van der Waals surface area contributed by atoms with Gasteiger partial charge >= 0.3 is 0 Å². The highest BCUT2D eigenvalue weighted by molar-refractivity contribution is 5.36. The molecule has 0 aromatic heterocycles. The summed E-state index contributed by atoms with van der Waals surface area (Å²) < 4.78 is 10.5. The van der Waals surface area contributed by atoms with Crippen LogP contribution in [-0.2, 0) is 11.2 Å². The van der Waals surface area contributed by atoms with Gasteiger partial charge in [0.2, 0.25) is 0 Å². The number of hydrogen-bond donors (Lipinski definition) is 2. The van der Waals surface area contributed by atoms with Crippen molar-refractivity contribution in [2.45, 2.75) is 13.3 Å². The molecule has 0 amide bonds. The highest BCUT2D eigenvalue weighted by atomic mass is 16.5. The summed E-state index contributed by atoms with van der Waals surface area (Å²) in [6.45, 7) is 6.26. The summed E-state index contributed by atoms with van der Waals surface area (Å²) in [7, 11) is 1.70. The second-order valence-corrected chi connectivity index (χ2v) is 5.43. The molecule has 1 aliphatic heterocycles. The second kappa shape index (κ2) is 6.37. The number of nitrogens with two attached hydrogens (primary N) is 1. The maximum absolute atomic E-state index is 5.78. The largest absolute Gasteiger partial charge is 0.496 e. The second-order valence-electron chi connectivity index (χ2n) is 5.43. The minimum Gasteiger partial charge on any atom is -0.496 e. The van der Waals surface area contributed by atoms with E-state index in [0.717, 1.165) is 38.5 Å². The first-order valence-electron chi connectivity index (χ1n) is 6.81. The fourth-order valence-electron chi connectivity index (χ4n) is 2.37. The van der Waals surface area contributed by atoms with Crippen molar-refractivity contribution in [2.75, 3.05) is 40.0 Å². The molecule has 4 heteroatoms. The van der Waals surface area contributed by atoms with Crippen LogP contribution in [0.3, 0.4) is 0 Å². The van der Waals surface area contributed by atoms with Crippen LogP contribution in [0.4, 0.5) is 0 Å². The van der Waals surface area contributed by atoms with Crippen LogP contribution in [0.1, 0.15) is 11.1 Å². The summed E-state index contributed by atoms with van der Waals surface area (Å²) in [6.07, 6.45) is 1.02. The van der Waals surface area contributed by atoms with E-state index in [-0.39, 0.29) is 5.41 Å². The lowest BCUT2D eigenvalue weighted by molar-refractivity contribution is -0.104. The van der Waals surface area contributed by atoms with Crippen LogP contribution >= 0.6 is 0 Å². The molecule has 19 heavy (non-hydrogen) atoms. The molecule has 106 valence electrons. The van der Waals surface area contributed by atoms with Gasteiger partial charge in [-0.1, -0.05) is 12.1 Å². The lowest BCUT2D eigenvalue weighted by atomic mass is 9.86. The molecular formula is C15H24N2O2. The predicted molar refractivity (Wildman–Crippen MR) is 76.6 cm³/mol. The van der Waals surface area contributed by atoms with E-state index in [9.17, 15) is 0 Å². The van der Waals surface area contributed by atoms with Gasteiger partial charge in [-0.15, -0.1) is 0 Å². The van der Waals surface area contributed by atoms with E-state index < -0.39 is 0 Å². The maximum Gasteiger partial charge on any atom is 0.121 e. The van der Waals surface area contributed by atoms with E-state index in [1.54, 1.807) is 7.11 Å². The number of ether oxygens (including phenoxy) is 2. The maximum atomic E-state index is 5.78. The quantitative estimate of drug-likeness (QED) is 0.724. The average molecular weight is 264 g/mol. The lowest BCUT2D eigenvalue weighted by Crippen LogP contribution is -2.54. The molecule has 0 aliphatic carbocycles. The number of nitrogens with one attached hydrogen (secondary N) is 1. The summed E-state index contributed by atoms with van der Waals surface area (Å²) >= 11 is 0. The highest BCUT2D eigenvalue weighted by Crippen LogP contribution is 2.24. The number of rotatable bonds is 7. The Balaban J connectivity index is 1.75. The third kappa shape index (κ3) is 3.47. The number of methoxy groups -OCH3 is 1. The Morgan fingerprint density at radius 2 is 2.21 bits per heavy atom. The molecule has 1 heterocycles. The molecule has 1 aromatic rings. The van der Waals surface area contributed by atoms with E-state index in [1.807, 2.05) is 6.07 Å². The summed E-state index contributed by atoms with van der Waals surface area (Å²) in [5, 5.41) is 3.48. The van der Waals surface area contributed by atoms with Crippen molar-refractivity contribution in [3.8, 4) is 5.75 Å². The van der Waals surface area contributed by atoms with Crippen molar-refractivity contribution in [1.82, 2.24) is 5.32 Å². The molecule has 0 radical (unpaired) electrons. The molecule has 2 rings (SSSR count). The Hall–Kier alpha value is -1.10. The summed E-state index contributed by atoms with van der Waals surface area (Å²) in [5.74, 6) is 0.949. The molecule has 0 atom stereocenters. The van der Waals surface area contributed by atoms with E-state index >= 15 is 0 Å². The van der Waals surface area contributed by atoms with Gasteiger partial charge in [0.15, 0.2) is 0 Å². The van der Waals surface area contributed by atoms with Crippen molar-refractivity contribution in [2.24, 2.45) is 11.1 Å². The van der Waals surface area contributed by atoms with Crippen molar-refractivity contribution < 1.29 is 9.47 Å². The average Bonchev–Trinajstić information content (AvgIpc) is 2.37. The molecule has 3 N–H and O–H groups in total. The summed E-state index contributed by atoms with van der Waals surface area (Å²) in [6, 6.07) is 6.34. The zero-order valence-electron chi connectivity index (χ0n) is 11.9. The Morgan fingerprint density at radius 1 is 1.42 bits per heavy atom. The van der Waals surface area contributed by atoms with Crippen LogP contribution < -0.4 is 15.8 Å². The van der Waals surface area contributed by atoms with Crippen molar-refractivity contribution in [3.63, 3.8) is 0 Å². The molecule has 1 saturated heterocycles. The minimum atomic E-state index is 0.176. The topological polar surface area (TPSA) is 56.5 Å². The Labute approximate surface area is 115 Å². The zero-order valence-corrected chi connectivity index (χ0v) is 11.9. The Kier molecular flexibility index (Phi) is 4.80. The number of aryl methyl sites for hydroxylation is 1. The van der Waals surface area contributed by atoms with Gasteiger partial charge in [-0.2, -0.15) is 0 Å². The van der Waals surface area contributed by atoms with Crippen LogP contribution in [0.25, 0.3) is 0 Å². The third-order valence-corrected chi connectivity index (χ3v) is 3.80. The van der Waals surface area contributed by atoms with E-state index in [1.165, 1.54) is 11.1 Å². The number of benzene rings is 1. The van der Waals surface area contributed by atoms with Gasteiger partial charge in [0.25, 0.3) is 0 Å². The molecule has 1 aromatic carbocycles. The standard InChI is InChI=1S/C15H24N2O2/c1-12-7-13(3-4-14(12)18-2)5-6-17-9-15(8-16)10-19-11-15/h3-4,7,17H,5-6,8-11,16H2,1-2H3. The summed E-state index contributed by atoms with van der Waals surface area (Å²) in [5.41, 5.74) is 8.47. The monoisotopic (exact) mass is 264 g/mol. The van der Waals surface area contributed by atoms with Crippen LogP contribution in [-0.4, -0.2) is 40.0 Å². The van der Waals surface area contributed by atoms with Crippen molar-refractivity contribution in [1.29, 1.82) is 0 Å². The minimum absolute atomic E-state index is 0.176. The molecule has 1 fully saturated rings. The van der Waals surface area contributed by atoms with E-state index in [0.29, 0.717) is 6.54 Å². The van der Waals surface area contributed by atoms with E-state index in [4.69, 9.17) is 15.2 Å². The van der Waals surface area contributed by atoms with Gasteiger partial charge in [0.1, 0.15) is 5.75 Å². The fourth-order valence-corrected chi connectivity index (χ4v) is 2.37. The smallest absolute Gasteiger partial charge is 0.121 e. The van der Waals surface area contributed by atoms with Gasteiger partial charge < -0.3 is 20.5 Å². The molecule has 0 bridgehead atoms. The predicted octanol–water partition coefficient (Wildman–Crippen LogP) is 1.11. The first-order valence-corrected chi connectivity index (χ1v) is 6.81. The van der Waals surface area contributed by atoms with Gasteiger partial charge in [0.05, 0.1) is 20.3 Å². The van der Waals surface area contributed by atoms with Crippen LogP contribution in [0.5, 0.6) is 5.75 Å². The Morgan fingerprint density at radius 3 is 2.74 bits per heavy atom.